The normalized spacial score (nSPS) is 11.7. The van der Waals surface area contributed by atoms with Crippen molar-refractivity contribution < 1.29 is 24.4 Å². The van der Waals surface area contributed by atoms with Crippen LogP contribution >= 0.6 is 0 Å². The van der Waals surface area contributed by atoms with Gasteiger partial charge in [-0.25, -0.2) is 14.6 Å². The summed E-state index contributed by atoms with van der Waals surface area (Å²) in [6.07, 6.45) is 19.1. The Morgan fingerprint density at radius 3 is 1.25 bits per heavy atom. The molecule has 5 heteroatoms. The van der Waals surface area contributed by atoms with Crippen LogP contribution in [0.15, 0.2) is 0 Å². The molecule has 5 nitrogen and oxygen atoms in total. The molecule has 0 unspecified atom stereocenters. The Kier molecular flexibility index (Phi) is 18.9. The van der Waals surface area contributed by atoms with Gasteiger partial charge in [-0.1, -0.05) is 89.9 Å². The van der Waals surface area contributed by atoms with Gasteiger partial charge in [-0.15, -0.1) is 0 Å². The molecule has 0 aliphatic carbocycles. The average Bonchev–Trinajstić information content (AvgIpc) is 2.61. The minimum Gasteiger partial charge on any atom is -0.450 e. The molecule has 168 valence electrons. The zero-order valence-electron chi connectivity index (χ0n) is 18.8. The fourth-order valence-electron chi connectivity index (χ4n) is 3.12. The molecule has 0 amide bonds. The number of carbonyl (C=O) groups is 1. The van der Waals surface area contributed by atoms with E-state index in [4.69, 9.17) is 14.9 Å². The summed E-state index contributed by atoms with van der Waals surface area (Å²) in [5.74, 6) is 0. The van der Waals surface area contributed by atoms with Crippen LogP contribution in [0.3, 0.4) is 0 Å². The van der Waals surface area contributed by atoms with Crippen molar-refractivity contribution in [3.8, 4) is 0 Å². The highest BCUT2D eigenvalue weighted by atomic mass is 17.2. The lowest BCUT2D eigenvalue weighted by Crippen LogP contribution is -2.19. The monoisotopic (exact) mass is 402 g/mol. The van der Waals surface area contributed by atoms with Crippen LogP contribution in [0.2, 0.25) is 0 Å². The standard InChI is InChI=1S/C23H46O5/c1-23(2,3)28-27-21-19-17-15-13-11-9-7-5-4-6-8-10-12-14-16-18-20-26-22(24)25/h4-21H2,1-3H3,(H,24,25). The SMILES string of the molecule is CC(C)(C)OOCCCCCCCCCCCCCCCCCCOC(=O)O. The van der Waals surface area contributed by atoms with Gasteiger partial charge in [0.05, 0.1) is 18.8 Å². The fraction of sp³-hybridized carbons (Fsp3) is 0.957. The molecule has 0 saturated heterocycles. The largest absolute Gasteiger partial charge is 0.505 e. The summed E-state index contributed by atoms with van der Waals surface area (Å²) in [6, 6.07) is 0. The van der Waals surface area contributed by atoms with E-state index >= 15 is 0 Å². The lowest BCUT2D eigenvalue weighted by atomic mass is 10.0. The second-order valence-corrected chi connectivity index (χ2v) is 8.79. The van der Waals surface area contributed by atoms with Crippen LogP contribution in [0, 0.1) is 0 Å². The zero-order valence-corrected chi connectivity index (χ0v) is 18.8. The highest BCUT2D eigenvalue weighted by Crippen LogP contribution is 2.14. The Labute approximate surface area is 173 Å². The third-order valence-electron chi connectivity index (χ3n) is 4.66. The van der Waals surface area contributed by atoms with Crippen LogP contribution in [0.5, 0.6) is 0 Å². The molecule has 0 aliphatic heterocycles. The van der Waals surface area contributed by atoms with Crippen molar-refractivity contribution in [1.82, 2.24) is 0 Å². The quantitative estimate of drug-likeness (QED) is 0.0979. The van der Waals surface area contributed by atoms with Crippen molar-refractivity contribution in [2.45, 2.75) is 129 Å². The number of unbranched alkanes of at least 4 members (excludes halogenated alkanes) is 15. The van der Waals surface area contributed by atoms with E-state index in [9.17, 15) is 4.79 Å². The maximum Gasteiger partial charge on any atom is 0.505 e. The summed E-state index contributed by atoms with van der Waals surface area (Å²) in [4.78, 5) is 20.6. The summed E-state index contributed by atoms with van der Waals surface area (Å²) >= 11 is 0. The minimum atomic E-state index is -1.16. The Bertz CT molecular complexity index is 338. The highest BCUT2D eigenvalue weighted by Gasteiger charge is 2.10. The van der Waals surface area contributed by atoms with Crippen molar-refractivity contribution in [1.29, 1.82) is 0 Å². The van der Waals surface area contributed by atoms with Gasteiger partial charge in [0.1, 0.15) is 0 Å². The van der Waals surface area contributed by atoms with Crippen molar-refractivity contribution in [3.05, 3.63) is 0 Å². The fourth-order valence-corrected chi connectivity index (χ4v) is 3.12. The summed E-state index contributed by atoms with van der Waals surface area (Å²) in [6.45, 7) is 7.04. The van der Waals surface area contributed by atoms with E-state index in [1.165, 1.54) is 83.5 Å². The van der Waals surface area contributed by atoms with E-state index in [1.807, 2.05) is 20.8 Å². The van der Waals surface area contributed by atoms with Crippen molar-refractivity contribution >= 4 is 6.16 Å². The molecule has 0 spiro atoms. The molecule has 0 rings (SSSR count). The molecule has 0 bridgehead atoms. The van der Waals surface area contributed by atoms with Gasteiger partial charge in [-0.3, -0.25) is 0 Å². The molecule has 0 atom stereocenters. The molecule has 0 aromatic heterocycles. The van der Waals surface area contributed by atoms with E-state index in [2.05, 4.69) is 4.74 Å². The number of rotatable bonds is 20. The van der Waals surface area contributed by atoms with Gasteiger partial charge in [0.25, 0.3) is 0 Å². The molecular formula is C23H46O5. The molecule has 0 aromatic carbocycles. The Morgan fingerprint density at radius 1 is 0.607 bits per heavy atom. The van der Waals surface area contributed by atoms with E-state index in [0.717, 1.165) is 19.3 Å². The average molecular weight is 403 g/mol. The molecule has 0 fully saturated rings. The van der Waals surface area contributed by atoms with Crippen molar-refractivity contribution in [2.75, 3.05) is 13.2 Å². The predicted molar refractivity (Wildman–Crippen MR) is 115 cm³/mol. The Balaban J connectivity index is 3.04. The smallest absolute Gasteiger partial charge is 0.450 e. The van der Waals surface area contributed by atoms with Crippen LogP contribution < -0.4 is 0 Å². The first-order valence-electron chi connectivity index (χ1n) is 11.6. The first kappa shape index (κ1) is 27.2. The third-order valence-corrected chi connectivity index (χ3v) is 4.66. The van der Waals surface area contributed by atoms with Gasteiger partial charge < -0.3 is 9.84 Å². The summed E-state index contributed by atoms with van der Waals surface area (Å²) in [5.41, 5.74) is -0.208. The van der Waals surface area contributed by atoms with Crippen LogP contribution in [0.25, 0.3) is 0 Å². The molecule has 0 heterocycles. The van der Waals surface area contributed by atoms with E-state index in [-0.39, 0.29) is 5.60 Å². The Hall–Kier alpha value is -0.810. The summed E-state index contributed by atoms with van der Waals surface area (Å²) < 4.78 is 4.49. The maximum absolute atomic E-state index is 10.2. The topological polar surface area (TPSA) is 65.0 Å². The van der Waals surface area contributed by atoms with E-state index in [1.54, 1.807) is 0 Å². The second-order valence-electron chi connectivity index (χ2n) is 8.79. The number of ether oxygens (including phenoxy) is 1. The molecule has 0 radical (unpaired) electrons. The lowest BCUT2D eigenvalue weighted by Gasteiger charge is -2.17. The number of carboxylic acid groups (broad SMARTS) is 1. The Morgan fingerprint density at radius 2 is 0.929 bits per heavy atom. The van der Waals surface area contributed by atoms with Crippen LogP contribution in [0.4, 0.5) is 4.79 Å². The van der Waals surface area contributed by atoms with Gasteiger partial charge in [-0.05, 0) is 33.6 Å². The first-order valence-corrected chi connectivity index (χ1v) is 11.6. The molecule has 0 aromatic rings. The third kappa shape index (κ3) is 25.2. The molecule has 28 heavy (non-hydrogen) atoms. The van der Waals surface area contributed by atoms with Crippen LogP contribution in [0.1, 0.15) is 124 Å². The van der Waals surface area contributed by atoms with E-state index < -0.39 is 6.16 Å². The molecular weight excluding hydrogens is 356 g/mol. The molecule has 1 N–H and O–H groups in total. The van der Waals surface area contributed by atoms with Gasteiger partial charge in [0.15, 0.2) is 0 Å². The summed E-state index contributed by atoms with van der Waals surface area (Å²) in [7, 11) is 0. The number of hydrogen-bond acceptors (Lipinski definition) is 4. The number of hydrogen-bond donors (Lipinski definition) is 1. The van der Waals surface area contributed by atoms with Crippen molar-refractivity contribution in [3.63, 3.8) is 0 Å². The molecule has 0 saturated carbocycles. The zero-order chi connectivity index (χ0) is 20.9. The minimum absolute atomic E-state index is 0.208. The van der Waals surface area contributed by atoms with Gasteiger partial charge in [0, 0.05) is 0 Å². The molecule has 0 aliphatic rings. The maximum atomic E-state index is 10.2. The summed E-state index contributed by atoms with van der Waals surface area (Å²) in [5, 5.41) is 8.36. The predicted octanol–water partition coefficient (Wildman–Crippen LogP) is 7.67. The van der Waals surface area contributed by atoms with Gasteiger partial charge in [0.2, 0.25) is 0 Å². The lowest BCUT2D eigenvalue weighted by molar-refractivity contribution is -0.348. The highest BCUT2D eigenvalue weighted by molar-refractivity contribution is 5.56. The van der Waals surface area contributed by atoms with Gasteiger partial charge >= 0.3 is 6.16 Å². The van der Waals surface area contributed by atoms with Gasteiger partial charge in [-0.2, -0.15) is 0 Å². The van der Waals surface area contributed by atoms with E-state index in [0.29, 0.717) is 13.2 Å². The second kappa shape index (κ2) is 19.5. The first-order chi connectivity index (χ1) is 13.4. The van der Waals surface area contributed by atoms with Crippen LogP contribution in [-0.4, -0.2) is 30.1 Å². The van der Waals surface area contributed by atoms with Crippen LogP contribution in [-0.2, 0) is 14.5 Å². The van der Waals surface area contributed by atoms with Crippen molar-refractivity contribution in [2.24, 2.45) is 0 Å².